The fraction of sp³-hybridized carbons (Fsp3) is 0.400. The number of hydrogen-bond donors (Lipinski definition) is 1. The highest BCUT2D eigenvalue weighted by molar-refractivity contribution is 5.20. The molecule has 2 aromatic rings. The minimum Gasteiger partial charge on any atom is -0.383 e. The number of aryl methyl sites for hydroxylation is 1. The van der Waals surface area contributed by atoms with E-state index in [1.54, 1.807) is 17.9 Å². The summed E-state index contributed by atoms with van der Waals surface area (Å²) in [5.74, 6) is -1.67. The SMILES string of the molecule is COCCNCc1cn(Cc2ccc(F)c(F)c2)nc1C. The average molecular weight is 295 g/mol. The van der Waals surface area contributed by atoms with Crippen LogP contribution in [0.3, 0.4) is 0 Å². The highest BCUT2D eigenvalue weighted by Gasteiger charge is 2.07. The van der Waals surface area contributed by atoms with Gasteiger partial charge in [0.15, 0.2) is 11.6 Å². The molecule has 1 heterocycles. The van der Waals surface area contributed by atoms with E-state index in [9.17, 15) is 8.78 Å². The van der Waals surface area contributed by atoms with E-state index in [4.69, 9.17) is 4.74 Å². The van der Waals surface area contributed by atoms with Crippen molar-refractivity contribution in [3.05, 3.63) is 52.9 Å². The number of nitrogens with zero attached hydrogens (tertiary/aromatic N) is 2. The van der Waals surface area contributed by atoms with E-state index >= 15 is 0 Å². The first-order valence-corrected chi connectivity index (χ1v) is 6.76. The Morgan fingerprint density at radius 1 is 1.29 bits per heavy atom. The van der Waals surface area contributed by atoms with Gasteiger partial charge in [-0.15, -0.1) is 0 Å². The molecule has 1 N–H and O–H groups in total. The minimum absolute atomic E-state index is 0.413. The van der Waals surface area contributed by atoms with Crippen LogP contribution in [0.2, 0.25) is 0 Å². The second kappa shape index (κ2) is 7.28. The molecule has 0 bridgehead atoms. The molecule has 0 saturated heterocycles. The van der Waals surface area contributed by atoms with Gasteiger partial charge in [0, 0.05) is 32.0 Å². The van der Waals surface area contributed by atoms with E-state index in [0.29, 0.717) is 25.3 Å². The maximum Gasteiger partial charge on any atom is 0.159 e. The molecule has 0 spiro atoms. The first kappa shape index (κ1) is 15.6. The second-order valence-corrected chi connectivity index (χ2v) is 4.86. The van der Waals surface area contributed by atoms with Gasteiger partial charge < -0.3 is 10.1 Å². The predicted molar refractivity (Wildman–Crippen MR) is 76.0 cm³/mol. The normalized spacial score (nSPS) is 11.0. The molecule has 2 rings (SSSR count). The van der Waals surface area contributed by atoms with Crippen molar-refractivity contribution in [2.75, 3.05) is 20.3 Å². The number of ether oxygens (including phenoxy) is 1. The van der Waals surface area contributed by atoms with Crippen LogP contribution in [0.25, 0.3) is 0 Å². The molecule has 0 saturated carbocycles. The molecule has 0 aliphatic rings. The van der Waals surface area contributed by atoms with Crippen molar-refractivity contribution in [3.8, 4) is 0 Å². The van der Waals surface area contributed by atoms with Crippen molar-refractivity contribution in [1.29, 1.82) is 0 Å². The summed E-state index contributed by atoms with van der Waals surface area (Å²) in [7, 11) is 1.66. The highest BCUT2D eigenvalue weighted by Crippen LogP contribution is 2.12. The summed E-state index contributed by atoms with van der Waals surface area (Å²) >= 11 is 0. The van der Waals surface area contributed by atoms with Crippen molar-refractivity contribution in [2.45, 2.75) is 20.0 Å². The Bertz CT molecular complexity index is 599. The molecule has 0 aliphatic carbocycles. The lowest BCUT2D eigenvalue weighted by Crippen LogP contribution is -2.18. The van der Waals surface area contributed by atoms with E-state index in [1.807, 2.05) is 13.1 Å². The number of hydrogen-bond acceptors (Lipinski definition) is 3. The van der Waals surface area contributed by atoms with Crippen molar-refractivity contribution < 1.29 is 13.5 Å². The maximum absolute atomic E-state index is 13.2. The van der Waals surface area contributed by atoms with Crippen LogP contribution in [0.4, 0.5) is 8.78 Å². The van der Waals surface area contributed by atoms with Gasteiger partial charge in [-0.3, -0.25) is 4.68 Å². The summed E-state index contributed by atoms with van der Waals surface area (Å²) in [6.07, 6.45) is 1.91. The van der Waals surface area contributed by atoms with E-state index in [2.05, 4.69) is 10.4 Å². The Morgan fingerprint density at radius 2 is 2.10 bits per heavy atom. The van der Waals surface area contributed by atoms with Gasteiger partial charge in [-0.2, -0.15) is 5.10 Å². The topological polar surface area (TPSA) is 39.1 Å². The van der Waals surface area contributed by atoms with E-state index < -0.39 is 11.6 Å². The van der Waals surface area contributed by atoms with Crippen LogP contribution in [0.1, 0.15) is 16.8 Å². The molecule has 1 aromatic heterocycles. The molecule has 6 heteroatoms. The summed E-state index contributed by atoms with van der Waals surface area (Å²) in [6.45, 7) is 4.46. The van der Waals surface area contributed by atoms with Gasteiger partial charge >= 0.3 is 0 Å². The van der Waals surface area contributed by atoms with Crippen molar-refractivity contribution in [1.82, 2.24) is 15.1 Å². The molecule has 4 nitrogen and oxygen atoms in total. The zero-order valence-corrected chi connectivity index (χ0v) is 12.2. The lowest BCUT2D eigenvalue weighted by Gasteiger charge is -2.03. The largest absolute Gasteiger partial charge is 0.383 e. The van der Waals surface area contributed by atoms with Crippen molar-refractivity contribution >= 4 is 0 Å². The van der Waals surface area contributed by atoms with Gasteiger partial charge in [0.1, 0.15) is 0 Å². The molecular weight excluding hydrogens is 276 g/mol. The lowest BCUT2D eigenvalue weighted by atomic mass is 10.2. The molecular formula is C15H19F2N3O. The van der Waals surface area contributed by atoms with Crippen LogP contribution in [-0.2, 0) is 17.8 Å². The number of halogens is 2. The van der Waals surface area contributed by atoms with E-state index in [1.165, 1.54) is 6.07 Å². The Labute approximate surface area is 122 Å². The Balaban J connectivity index is 1.99. The third-order valence-corrected chi connectivity index (χ3v) is 3.18. The van der Waals surface area contributed by atoms with Crippen LogP contribution >= 0.6 is 0 Å². The Hall–Kier alpha value is -1.79. The second-order valence-electron chi connectivity index (χ2n) is 4.86. The zero-order valence-electron chi connectivity index (χ0n) is 12.2. The smallest absolute Gasteiger partial charge is 0.159 e. The first-order valence-electron chi connectivity index (χ1n) is 6.76. The quantitative estimate of drug-likeness (QED) is 0.796. The average Bonchev–Trinajstić information content (AvgIpc) is 2.79. The molecule has 21 heavy (non-hydrogen) atoms. The summed E-state index contributed by atoms with van der Waals surface area (Å²) in [5.41, 5.74) is 2.67. The zero-order chi connectivity index (χ0) is 15.2. The summed E-state index contributed by atoms with van der Waals surface area (Å²) in [5, 5.41) is 7.64. The number of methoxy groups -OCH3 is 1. The van der Waals surface area contributed by atoms with E-state index in [0.717, 1.165) is 23.9 Å². The number of aromatic nitrogens is 2. The molecule has 0 atom stereocenters. The molecule has 0 unspecified atom stereocenters. The van der Waals surface area contributed by atoms with Crippen molar-refractivity contribution in [3.63, 3.8) is 0 Å². The maximum atomic E-state index is 13.2. The fourth-order valence-electron chi connectivity index (χ4n) is 2.04. The molecule has 0 aliphatic heterocycles. The predicted octanol–water partition coefficient (Wildman–Crippen LogP) is 2.25. The standard InChI is InChI=1S/C15H19F2N3O/c1-11-13(8-18-5-6-21-2)10-20(19-11)9-12-3-4-14(16)15(17)7-12/h3-4,7,10,18H,5-6,8-9H2,1-2H3. The van der Waals surface area contributed by atoms with Crippen LogP contribution in [-0.4, -0.2) is 30.0 Å². The summed E-state index contributed by atoms with van der Waals surface area (Å²) < 4.78 is 32.8. The molecule has 0 radical (unpaired) electrons. The minimum atomic E-state index is -0.835. The van der Waals surface area contributed by atoms with Gasteiger partial charge in [0.25, 0.3) is 0 Å². The number of nitrogens with one attached hydrogen (secondary N) is 1. The number of rotatable bonds is 7. The van der Waals surface area contributed by atoms with Crippen LogP contribution < -0.4 is 5.32 Å². The van der Waals surface area contributed by atoms with Gasteiger partial charge in [0.2, 0.25) is 0 Å². The molecule has 1 aromatic carbocycles. The van der Waals surface area contributed by atoms with Crippen LogP contribution in [0.15, 0.2) is 24.4 Å². The highest BCUT2D eigenvalue weighted by atomic mass is 19.2. The molecule has 0 amide bonds. The third kappa shape index (κ3) is 4.34. The van der Waals surface area contributed by atoms with Crippen molar-refractivity contribution in [2.24, 2.45) is 0 Å². The monoisotopic (exact) mass is 295 g/mol. The van der Waals surface area contributed by atoms with Crippen LogP contribution in [0.5, 0.6) is 0 Å². The Morgan fingerprint density at radius 3 is 2.81 bits per heavy atom. The molecule has 0 fully saturated rings. The summed E-state index contributed by atoms with van der Waals surface area (Å²) in [6, 6.07) is 3.89. The Kier molecular flexibility index (Phi) is 5.41. The van der Waals surface area contributed by atoms with Gasteiger partial charge in [-0.25, -0.2) is 8.78 Å². The van der Waals surface area contributed by atoms with Crippen LogP contribution in [0, 0.1) is 18.6 Å². The third-order valence-electron chi connectivity index (χ3n) is 3.18. The number of benzene rings is 1. The van der Waals surface area contributed by atoms with Gasteiger partial charge in [0.05, 0.1) is 18.8 Å². The lowest BCUT2D eigenvalue weighted by molar-refractivity contribution is 0.199. The van der Waals surface area contributed by atoms with Gasteiger partial charge in [-0.05, 0) is 24.6 Å². The molecule has 114 valence electrons. The van der Waals surface area contributed by atoms with E-state index in [-0.39, 0.29) is 0 Å². The first-order chi connectivity index (χ1) is 10.1. The fourth-order valence-corrected chi connectivity index (χ4v) is 2.04. The summed E-state index contributed by atoms with van der Waals surface area (Å²) in [4.78, 5) is 0. The van der Waals surface area contributed by atoms with Gasteiger partial charge in [-0.1, -0.05) is 6.07 Å².